The molecule has 1 saturated heterocycles. The summed E-state index contributed by atoms with van der Waals surface area (Å²) in [6, 6.07) is 6.27. The van der Waals surface area contributed by atoms with Crippen molar-refractivity contribution in [2.75, 3.05) is 38.1 Å². The fourth-order valence-corrected chi connectivity index (χ4v) is 2.53. The Morgan fingerprint density at radius 3 is 2.07 bits per heavy atom. The van der Waals surface area contributed by atoms with E-state index in [0.29, 0.717) is 44.0 Å². The summed E-state index contributed by atoms with van der Waals surface area (Å²) in [5.41, 5.74) is 0.477. The normalized spacial score (nSPS) is 14.5. The molecule has 0 bridgehead atoms. The van der Waals surface area contributed by atoms with Crippen molar-refractivity contribution in [2.45, 2.75) is 33.3 Å². The highest BCUT2D eigenvalue weighted by molar-refractivity contribution is 5.92. The lowest BCUT2D eigenvalue weighted by atomic mass is 10.2. The highest BCUT2D eigenvalue weighted by Gasteiger charge is 2.27. The van der Waals surface area contributed by atoms with Gasteiger partial charge in [-0.15, -0.1) is 0 Å². The van der Waals surface area contributed by atoms with Gasteiger partial charge in [-0.1, -0.05) is 0 Å². The molecule has 0 unspecified atom stereocenters. The lowest BCUT2D eigenvalue weighted by Gasteiger charge is -2.35. The molecule has 1 N–H and O–H groups in total. The van der Waals surface area contributed by atoms with Crippen LogP contribution in [0.25, 0.3) is 0 Å². The van der Waals surface area contributed by atoms with Crippen molar-refractivity contribution >= 4 is 23.8 Å². The summed E-state index contributed by atoms with van der Waals surface area (Å²) in [5, 5.41) is 2.79. The van der Waals surface area contributed by atoms with Crippen LogP contribution in [0.5, 0.6) is 0 Å². The molecule has 8 heteroatoms. The van der Waals surface area contributed by atoms with Crippen molar-refractivity contribution in [1.82, 2.24) is 9.80 Å². The molecule has 2 rings (SSSR count). The molecule has 3 amide bonds. The van der Waals surface area contributed by atoms with Crippen molar-refractivity contribution in [3.05, 3.63) is 29.8 Å². The van der Waals surface area contributed by atoms with Gasteiger partial charge in [-0.25, -0.2) is 14.4 Å². The SMILES string of the molecule is CCOC(=O)c1ccc(NC(=O)N2CCN(C(=O)OC(C)(C)C)CC2)cc1. The summed E-state index contributed by atoms with van der Waals surface area (Å²) in [6.45, 7) is 9.21. The zero-order chi connectivity index (χ0) is 20.0. The van der Waals surface area contributed by atoms with Crippen LogP contribution in [-0.4, -0.2) is 66.3 Å². The van der Waals surface area contributed by atoms with Crippen LogP contribution in [0, 0.1) is 0 Å². The minimum absolute atomic E-state index is 0.247. The first kappa shape index (κ1) is 20.5. The number of rotatable bonds is 3. The lowest BCUT2D eigenvalue weighted by Crippen LogP contribution is -2.52. The number of nitrogens with zero attached hydrogens (tertiary/aromatic N) is 2. The van der Waals surface area contributed by atoms with E-state index in [2.05, 4.69) is 5.32 Å². The molecule has 1 aromatic rings. The van der Waals surface area contributed by atoms with Gasteiger partial charge in [-0.05, 0) is 52.0 Å². The van der Waals surface area contributed by atoms with E-state index in [4.69, 9.17) is 9.47 Å². The number of hydrogen-bond acceptors (Lipinski definition) is 5. The highest BCUT2D eigenvalue weighted by atomic mass is 16.6. The molecule has 148 valence electrons. The second-order valence-electron chi connectivity index (χ2n) is 7.18. The maximum atomic E-state index is 12.4. The van der Waals surface area contributed by atoms with E-state index in [-0.39, 0.29) is 12.1 Å². The van der Waals surface area contributed by atoms with Crippen molar-refractivity contribution < 1.29 is 23.9 Å². The van der Waals surface area contributed by atoms with Crippen LogP contribution in [-0.2, 0) is 9.47 Å². The van der Waals surface area contributed by atoms with Gasteiger partial charge in [0.2, 0.25) is 0 Å². The first-order valence-corrected chi connectivity index (χ1v) is 9.00. The topological polar surface area (TPSA) is 88.2 Å². The van der Waals surface area contributed by atoms with E-state index in [0.717, 1.165) is 0 Å². The molecule has 1 heterocycles. The van der Waals surface area contributed by atoms with Crippen LogP contribution in [0.1, 0.15) is 38.1 Å². The highest BCUT2D eigenvalue weighted by Crippen LogP contribution is 2.14. The van der Waals surface area contributed by atoms with E-state index >= 15 is 0 Å². The predicted molar refractivity (Wildman–Crippen MR) is 101 cm³/mol. The van der Waals surface area contributed by atoms with Crippen LogP contribution in [0.4, 0.5) is 15.3 Å². The number of anilines is 1. The number of urea groups is 1. The summed E-state index contributed by atoms with van der Waals surface area (Å²) in [6.07, 6.45) is -0.364. The lowest BCUT2D eigenvalue weighted by molar-refractivity contribution is 0.0174. The zero-order valence-electron chi connectivity index (χ0n) is 16.3. The molecule has 8 nitrogen and oxygen atoms in total. The molecule has 27 heavy (non-hydrogen) atoms. The van der Waals surface area contributed by atoms with Gasteiger partial charge < -0.3 is 24.6 Å². The zero-order valence-corrected chi connectivity index (χ0v) is 16.3. The van der Waals surface area contributed by atoms with Gasteiger partial charge in [0, 0.05) is 31.9 Å². The number of esters is 1. The summed E-state index contributed by atoms with van der Waals surface area (Å²) in [7, 11) is 0. The average molecular weight is 377 g/mol. The minimum Gasteiger partial charge on any atom is -0.462 e. The Kier molecular flexibility index (Phi) is 6.65. The number of piperazine rings is 1. The molecular formula is C19H27N3O5. The molecule has 0 aromatic heterocycles. The summed E-state index contributed by atoms with van der Waals surface area (Å²) in [5.74, 6) is -0.395. The maximum absolute atomic E-state index is 12.4. The Hall–Kier alpha value is -2.77. The van der Waals surface area contributed by atoms with Gasteiger partial charge in [-0.2, -0.15) is 0 Å². The average Bonchev–Trinajstić information content (AvgIpc) is 2.61. The molecule has 0 spiro atoms. The number of nitrogens with one attached hydrogen (secondary N) is 1. The predicted octanol–water partition coefficient (Wildman–Crippen LogP) is 2.95. The third-order valence-electron chi connectivity index (χ3n) is 3.87. The van der Waals surface area contributed by atoms with Gasteiger partial charge in [0.05, 0.1) is 12.2 Å². The van der Waals surface area contributed by atoms with Crippen molar-refractivity contribution in [1.29, 1.82) is 0 Å². The number of ether oxygens (including phenoxy) is 2. The maximum Gasteiger partial charge on any atom is 0.410 e. The van der Waals surface area contributed by atoms with Crippen LogP contribution in [0.3, 0.4) is 0 Å². The van der Waals surface area contributed by atoms with Crippen molar-refractivity contribution in [2.24, 2.45) is 0 Å². The van der Waals surface area contributed by atoms with Crippen molar-refractivity contribution in [3.63, 3.8) is 0 Å². The molecule has 0 radical (unpaired) electrons. The minimum atomic E-state index is -0.540. The van der Waals surface area contributed by atoms with Gasteiger partial charge in [0.1, 0.15) is 5.60 Å². The second kappa shape index (κ2) is 8.75. The number of carbonyl (C=O) groups excluding carboxylic acids is 3. The van der Waals surface area contributed by atoms with Crippen LogP contribution in [0.2, 0.25) is 0 Å². The molecule has 1 aromatic carbocycles. The Bertz CT molecular complexity index is 674. The molecule has 1 fully saturated rings. The van der Waals surface area contributed by atoms with Gasteiger partial charge in [-0.3, -0.25) is 0 Å². The van der Waals surface area contributed by atoms with E-state index in [1.165, 1.54) is 0 Å². The molecule has 1 aliphatic rings. The molecule has 0 atom stereocenters. The van der Waals surface area contributed by atoms with Crippen LogP contribution < -0.4 is 5.32 Å². The Balaban J connectivity index is 1.84. The number of hydrogen-bond donors (Lipinski definition) is 1. The third-order valence-corrected chi connectivity index (χ3v) is 3.87. The van der Waals surface area contributed by atoms with Crippen LogP contribution in [0.15, 0.2) is 24.3 Å². The van der Waals surface area contributed by atoms with Crippen molar-refractivity contribution in [3.8, 4) is 0 Å². The summed E-state index contributed by atoms with van der Waals surface area (Å²) in [4.78, 5) is 39.3. The molecular weight excluding hydrogens is 350 g/mol. The van der Waals surface area contributed by atoms with Crippen LogP contribution >= 0.6 is 0 Å². The second-order valence-corrected chi connectivity index (χ2v) is 7.18. The Morgan fingerprint density at radius 2 is 1.56 bits per heavy atom. The standard InChI is InChI=1S/C19H27N3O5/c1-5-26-16(23)14-6-8-15(9-7-14)20-17(24)21-10-12-22(13-11-21)18(25)27-19(2,3)4/h6-9H,5,10-13H2,1-4H3,(H,20,24). The summed E-state index contributed by atoms with van der Waals surface area (Å²) >= 11 is 0. The van der Waals surface area contributed by atoms with E-state index in [1.807, 2.05) is 20.8 Å². The van der Waals surface area contributed by atoms with E-state index < -0.39 is 11.6 Å². The fourth-order valence-electron chi connectivity index (χ4n) is 2.53. The van der Waals surface area contributed by atoms with Gasteiger partial charge in [0.15, 0.2) is 0 Å². The first-order valence-electron chi connectivity index (χ1n) is 9.00. The molecule has 0 saturated carbocycles. The number of carbonyl (C=O) groups is 3. The smallest absolute Gasteiger partial charge is 0.410 e. The molecule has 0 aliphatic carbocycles. The number of benzene rings is 1. The van der Waals surface area contributed by atoms with E-state index in [9.17, 15) is 14.4 Å². The first-order chi connectivity index (χ1) is 12.7. The largest absolute Gasteiger partial charge is 0.462 e. The van der Waals surface area contributed by atoms with E-state index in [1.54, 1.807) is 41.0 Å². The Labute approximate surface area is 159 Å². The monoisotopic (exact) mass is 377 g/mol. The molecule has 1 aliphatic heterocycles. The fraction of sp³-hybridized carbons (Fsp3) is 0.526. The number of amides is 3. The quantitative estimate of drug-likeness (QED) is 0.818. The van der Waals surface area contributed by atoms with Gasteiger partial charge >= 0.3 is 18.1 Å². The summed E-state index contributed by atoms with van der Waals surface area (Å²) < 4.78 is 10.3. The van der Waals surface area contributed by atoms with Gasteiger partial charge in [0.25, 0.3) is 0 Å². The Morgan fingerprint density at radius 1 is 1.00 bits per heavy atom. The third kappa shape index (κ3) is 6.16.